The Morgan fingerprint density at radius 1 is 0.879 bits per heavy atom. The molecule has 33 heavy (non-hydrogen) atoms. The van der Waals surface area contributed by atoms with Gasteiger partial charge in [-0.3, -0.25) is 19.7 Å². The summed E-state index contributed by atoms with van der Waals surface area (Å²) in [6.45, 7) is 4.70. The molecule has 0 radical (unpaired) electrons. The highest BCUT2D eigenvalue weighted by atomic mass is 16.6. The Hall–Kier alpha value is -4.20. The second-order valence-corrected chi connectivity index (χ2v) is 7.90. The molecule has 4 rings (SSSR count). The lowest BCUT2D eigenvalue weighted by Gasteiger charge is -2.36. The summed E-state index contributed by atoms with van der Waals surface area (Å²) < 4.78 is 0. The summed E-state index contributed by atoms with van der Waals surface area (Å²) >= 11 is 0. The van der Waals surface area contributed by atoms with Crippen LogP contribution in [0.2, 0.25) is 0 Å². The molecule has 1 aliphatic heterocycles. The number of anilines is 2. The van der Waals surface area contributed by atoms with Crippen molar-refractivity contribution in [3.8, 4) is 0 Å². The van der Waals surface area contributed by atoms with Gasteiger partial charge in [0.15, 0.2) is 0 Å². The van der Waals surface area contributed by atoms with Gasteiger partial charge in [-0.1, -0.05) is 18.2 Å². The predicted octanol–water partition coefficient (Wildman–Crippen LogP) is 4.12. The summed E-state index contributed by atoms with van der Waals surface area (Å²) in [5, 5.41) is 13.5. The van der Waals surface area contributed by atoms with E-state index in [4.69, 9.17) is 0 Å². The first kappa shape index (κ1) is 22.0. The summed E-state index contributed by atoms with van der Waals surface area (Å²) in [6.07, 6.45) is 0. The number of benzene rings is 3. The van der Waals surface area contributed by atoms with Gasteiger partial charge >= 0.3 is 0 Å². The Kier molecular flexibility index (Phi) is 6.35. The molecule has 0 bridgehead atoms. The molecule has 168 valence electrons. The van der Waals surface area contributed by atoms with Crippen LogP contribution < -0.4 is 10.2 Å². The highest BCUT2D eigenvalue weighted by Crippen LogP contribution is 2.21. The van der Waals surface area contributed by atoms with Crippen molar-refractivity contribution in [1.29, 1.82) is 0 Å². The van der Waals surface area contributed by atoms with E-state index in [0.717, 1.165) is 29.9 Å². The van der Waals surface area contributed by atoms with Gasteiger partial charge in [0, 0.05) is 60.8 Å². The van der Waals surface area contributed by atoms with Crippen molar-refractivity contribution in [2.45, 2.75) is 6.92 Å². The number of piperazine rings is 1. The molecule has 1 saturated heterocycles. The maximum atomic E-state index is 12.8. The zero-order valence-electron chi connectivity index (χ0n) is 18.2. The fourth-order valence-electron chi connectivity index (χ4n) is 3.84. The minimum absolute atomic E-state index is 0.0587. The summed E-state index contributed by atoms with van der Waals surface area (Å²) in [5.74, 6) is -0.266. The quantitative estimate of drug-likeness (QED) is 0.472. The van der Waals surface area contributed by atoms with E-state index in [-0.39, 0.29) is 17.5 Å². The van der Waals surface area contributed by atoms with Gasteiger partial charge in [0.2, 0.25) is 0 Å². The van der Waals surface area contributed by atoms with E-state index in [9.17, 15) is 19.7 Å². The van der Waals surface area contributed by atoms with Gasteiger partial charge in [-0.2, -0.15) is 0 Å². The first-order valence-electron chi connectivity index (χ1n) is 10.7. The Balaban J connectivity index is 1.33. The number of nitro benzene ring substituents is 1. The summed E-state index contributed by atoms with van der Waals surface area (Å²) in [5.41, 5.74) is 3.67. The molecule has 1 fully saturated rings. The molecule has 0 unspecified atom stereocenters. The molecule has 3 aromatic carbocycles. The molecule has 1 heterocycles. The first-order valence-corrected chi connectivity index (χ1v) is 10.7. The zero-order valence-corrected chi connectivity index (χ0v) is 18.2. The molecule has 8 nitrogen and oxygen atoms in total. The largest absolute Gasteiger partial charge is 0.368 e. The molecule has 0 aliphatic carbocycles. The molecule has 8 heteroatoms. The van der Waals surface area contributed by atoms with Gasteiger partial charge in [0.1, 0.15) is 0 Å². The number of amides is 2. The van der Waals surface area contributed by atoms with Gasteiger partial charge in [-0.15, -0.1) is 0 Å². The SMILES string of the molecule is Cc1ccccc1C(=O)N1CCN(c2ccc(NC(=O)c3ccc([N+](=O)[O-])cc3)cc2)CC1. The van der Waals surface area contributed by atoms with Gasteiger partial charge < -0.3 is 15.1 Å². The van der Waals surface area contributed by atoms with E-state index in [1.54, 1.807) is 0 Å². The van der Waals surface area contributed by atoms with Gasteiger partial charge in [0.05, 0.1) is 4.92 Å². The minimum Gasteiger partial charge on any atom is -0.368 e. The molecular weight excluding hydrogens is 420 g/mol. The molecule has 3 aromatic rings. The summed E-state index contributed by atoms with van der Waals surface area (Å²) in [7, 11) is 0. The fourth-order valence-corrected chi connectivity index (χ4v) is 3.84. The van der Waals surface area contributed by atoms with Crippen LogP contribution in [0.1, 0.15) is 26.3 Å². The van der Waals surface area contributed by atoms with E-state index >= 15 is 0 Å². The number of rotatable bonds is 5. The lowest BCUT2D eigenvalue weighted by atomic mass is 10.1. The summed E-state index contributed by atoms with van der Waals surface area (Å²) in [4.78, 5) is 39.6. The van der Waals surface area contributed by atoms with Crippen LogP contribution in [0.25, 0.3) is 0 Å². The highest BCUT2D eigenvalue weighted by molar-refractivity contribution is 6.04. The van der Waals surface area contributed by atoms with Crippen molar-refractivity contribution in [1.82, 2.24) is 4.90 Å². The van der Waals surface area contributed by atoms with E-state index in [0.29, 0.717) is 24.3 Å². The van der Waals surface area contributed by atoms with E-state index in [2.05, 4.69) is 10.2 Å². The summed E-state index contributed by atoms with van der Waals surface area (Å²) in [6, 6.07) is 20.6. The van der Waals surface area contributed by atoms with Crippen molar-refractivity contribution in [3.63, 3.8) is 0 Å². The lowest BCUT2D eigenvalue weighted by Crippen LogP contribution is -2.48. The molecule has 1 aliphatic rings. The third kappa shape index (κ3) is 5.01. The zero-order chi connectivity index (χ0) is 23.4. The van der Waals surface area contributed by atoms with Crippen LogP contribution in [0.4, 0.5) is 17.1 Å². The van der Waals surface area contributed by atoms with Gasteiger partial charge in [-0.25, -0.2) is 0 Å². The number of nitrogens with one attached hydrogen (secondary N) is 1. The third-order valence-electron chi connectivity index (χ3n) is 5.77. The standard InChI is InChI=1S/C25H24N4O4/c1-18-4-2-3-5-23(18)25(31)28-16-14-27(15-17-28)21-12-8-20(9-13-21)26-24(30)19-6-10-22(11-7-19)29(32)33/h2-13H,14-17H2,1H3,(H,26,30). The maximum Gasteiger partial charge on any atom is 0.269 e. The average molecular weight is 444 g/mol. The number of nitrogens with zero attached hydrogens (tertiary/aromatic N) is 3. The second kappa shape index (κ2) is 9.52. The normalized spacial score (nSPS) is 13.5. The Morgan fingerprint density at radius 2 is 1.52 bits per heavy atom. The van der Waals surface area contributed by atoms with Crippen molar-refractivity contribution in [3.05, 3.63) is 99.6 Å². The van der Waals surface area contributed by atoms with Crippen LogP contribution in [0.15, 0.2) is 72.8 Å². The Labute approximate surface area is 191 Å². The monoisotopic (exact) mass is 444 g/mol. The van der Waals surface area contributed by atoms with Crippen molar-refractivity contribution in [2.24, 2.45) is 0 Å². The lowest BCUT2D eigenvalue weighted by molar-refractivity contribution is -0.384. The van der Waals surface area contributed by atoms with Crippen molar-refractivity contribution in [2.75, 3.05) is 36.4 Å². The van der Waals surface area contributed by atoms with Crippen LogP contribution in [-0.2, 0) is 0 Å². The van der Waals surface area contributed by atoms with E-state index < -0.39 is 4.92 Å². The number of hydrogen-bond acceptors (Lipinski definition) is 5. The smallest absolute Gasteiger partial charge is 0.269 e. The topological polar surface area (TPSA) is 95.8 Å². The Bertz CT molecular complexity index is 1170. The molecule has 0 aromatic heterocycles. The number of carbonyl (C=O) groups excluding carboxylic acids is 2. The first-order chi connectivity index (χ1) is 15.9. The number of aryl methyl sites for hydroxylation is 1. The molecular formula is C25H24N4O4. The second-order valence-electron chi connectivity index (χ2n) is 7.90. The third-order valence-corrected chi connectivity index (χ3v) is 5.77. The number of non-ortho nitro benzene ring substituents is 1. The number of carbonyl (C=O) groups is 2. The minimum atomic E-state index is -0.501. The van der Waals surface area contributed by atoms with Crippen molar-refractivity contribution < 1.29 is 14.5 Å². The average Bonchev–Trinajstić information content (AvgIpc) is 2.84. The van der Waals surface area contributed by atoms with Crippen LogP contribution >= 0.6 is 0 Å². The van der Waals surface area contributed by atoms with Gasteiger partial charge in [-0.05, 0) is 55.0 Å². The van der Waals surface area contributed by atoms with E-state index in [1.807, 2.05) is 60.4 Å². The van der Waals surface area contributed by atoms with Crippen molar-refractivity contribution >= 4 is 28.9 Å². The van der Waals surface area contributed by atoms with Crippen LogP contribution in [-0.4, -0.2) is 47.8 Å². The van der Waals surface area contributed by atoms with Crippen LogP contribution in [0, 0.1) is 17.0 Å². The molecule has 2 amide bonds. The number of nitro groups is 1. The molecule has 0 spiro atoms. The maximum absolute atomic E-state index is 12.8. The van der Waals surface area contributed by atoms with Crippen LogP contribution in [0.5, 0.6) is 0 Å². The number of hydrogen-bond donors (Lipinski definition) is 1. The molecule has 0 atom stereocenters. The van der Waals surface area contributed by atoms with E-state index in [1.165, 1.54) is 24.3 Å². The Morgan fingerprint density at radius 3 is 2.12 bits per heavy atom. The molecule has 0 saturated carbocycles. The van der Waals surface area contributed by atoms with Crippen LogP contribution in [0.3, 0.4) is 0 Å². The highest BCUT2D eigenvalue weighted by Gasteiger charge is 2.23. The van der Waals surface area contributed by atoms with Gasteiger partial charge in [0.25, 0.3) is 17.5 Å². The predicted molar refractivity (Wildman–Crippen MR) is 127 cm³/mol. The fraction of sp³-hybridized carbons (Fsp3) is 0.200. The molecule has 1 N–H and O–H groups in total.